The molecule has 25 heavy (non-hydrogen) atoms. The first kappa shape index (κ1) is 15.7. The molecule has 4 rings (SSSR count). The Morgan fingerprint density at radius 1 is 1.04 bits per heavy atom. The highest BCUT2D eigenvalue weighted by Gasteiger charge is 2.11. The molecule has 0 bridgehead atoms. The van der Waals surface area contributed by atoms with Crippen LogP contribution in [0.3, 0.4) is 0 Å². The summed E-state index contributed by atoms with van der Waals surface area (Å²) in [5.74, 6) is -0.222. The first-order valence-corrected chi connectivity index (χ1v) is 8.18. The summed E-state index contributed by atoms with van der Waals surface area (Å²) in [5, 5.41) is 16.7. The van der Waals surface area contributed by atoms with Gasteiger partial charge in [-0.2, -0.15) is 4.52 Å². The average Bonchev–Trinajstić information content (AvgIpc) is 3.07. The fourth-order valence-electron chi connectivity index (χ4n) is 3.18. The fourth-order valence-corrected chi connectivity index (χ4v) is 3.18. The number of tetrazole rings is 1. The Bertz CT molecular complexity index is 1050. The number of hydrogen-bond donors (Lipinski definition) is 1. The van der Waals surface area contributed by atoms with Gasteiger partial charge >= 0.3 is 0 Å². The van der Waals surface area contributed by atoms with Crippen LogP contribution in [-0.2, 0) is 13.1 Å². The Labute approximate surface area is 144 Å². The van der Waals surface area contributed by atoms with Crippen molar-refractivity contribution < 1.29 is 4.39 Å². The number of hydrogen-bond acceptors (Lipinski definition) is 4. The molecular formula is C19H18FN5. The largest absolute Gasteiger partial charge is 0.308 e. The van der Waals surface area contributed by atoms with Crippen molar-refractivity contribution in [2.45, 2.75) is 26.9 Å². The summed E-state index contributed by atoms with van der Waals surface area (Å²) in [6, 6.07) is 12.9. The summed E-state index contributed by atoms with van der Waals surface area (Å²) < 4.78 is 14.8. The smallest absolute Gasteiger partial charge is 0.184 e. The molecule has 0 amide bonds. The van der Waals surface area contributed by atoms with Gasteiger partial charge in [0.2, 0.25) is 0 Å². The SMILES string of the molecule is Cc1cc(C)c2cc(CNCc3ccc(F)cc3)c3nnnn3c2c1. The number of aromatic nitrogens is 4. The highest BCUT2D eigenvalue weighted by atomic mass is 19.1. The van der Waals surface area contributed by atoms with Crippen molar-refractivity contribution >= 4 is 16.6 Å². The number of rotatable bonds is 4. The van der Waals surface area contributed by atoms with Gasteiger partial charge in [-0.25, -0.2) is 4.39 Å². The maximum atomic E-state index is 13.0. The predicted molar refractivity (Wildman–Crippen MR) is 94.7 cm³/mol. The zero-order chi connectivity index (χ0) is 17.4. The molecule has 0 aliphatic rings. The molecule has 0 aliphatic carbocycles. The third-order valence-corrected chi connectivity index (χ3v) is 4.37. The number of fused-ring (bicyclic) bond motifs is 3. The molecule has 2 heterocycles. The quantitative estimate of drug-likeness (QED) is 0.621. The minimum atomic E-state index is -0.222. The molecule has 0 fully saturated rings. The van der Waals surface area contributed by atoms with Gasteiger partial charge in [-0.15, -0.1) is 5.10 Å². The zero-order valence-electron chi connectivity index (χ0n) is 14.1. The molecule has 0 aliphatic heterocycles. The molecule has 4 aromatic rings. The van der Waals surface area contributed by atoms with E-state index in [4.69, 9.17) is 0 Å². The Balaban J connectivity index is 1.66. The van der Waals surface area contributed by atoms with Crippen LogP contribution in [0.25, 0.3) is 16.6 Å². The van der Waals surface area contributed by atoms with Crippen LogP contribution in [0.1, 0.15) is 22.3 Å². The maximum absolute atomic E-state index is 13.0. The van der Waals surface area contributed by atoms with E-state index in [0.29, 0.717) is 13.1 Å². The van der Waals surface area contributed by atoms with E-state index in [1.165, 1.54) is 23.3 Å². The van der Waals surface area contributed by atoms with Crippen molar-refractivity contribution in [1.82, 2.24) is 25.4 Å². The second-order valence-electron chi connectivity index (χ2n) is 6.33. The molecule has 0 saturated carbocycles. The third-order valence-electron chi connectivity index (χ3n) is 4.37. The molecule has 0 spiro atoms. The van der Waals surface area contributed by atoms with Crippen molar-refractivity contribution in [2.75, 3.05) is 0 Å². The predicted octanol–water partition coefficient (Wildman–Crippen LogP) is 3.32. The summed E-state index contributed by atoms with van der Waals surface area (Å²) in [5.41, 5.74) is 6.22. The van der Waals surface area contributed by atoms with Crippen LogP contribution < -0.4 is 5.32 Å². The molecule has 5 nitrogen and oxygen atoms in total. The van der Waals surface area contributed by atoms with Gasteiger partial charge in [-0.05, 0) is 65.2 Å². The van der Waals surface area contributed by atoms with Gasteiger partial charge in [-0.1, -0.05) is 18.2 Å². The molecule has 0 atom stereocenters. The van der Waals surface area contributed by atoms with Crippen LogP contribution in [0.2, 0.25) is 0 Å². The molecule has 1 N–H and O–H groups in total. The van der Waals surface area contributed by atoms with E-state index in [1.54, 1.807) is 16.6 Å². The van der Waals surface area contributed by atoms with Gasteiger partial charge < -0.3 is 5.32 Å². The van der Waals surface area contributed by atoms with Gasteiger partial charge in [0.1, 0.15) is 5.82 Å². The van der Waals surface area contributed by atoms with Gasteiger partial charge in [0, 0.05) is 24.0 Å². The highest BCUT2D eigenvalue weighted by Crippen LogP contribution is 2.23. The second-order valence-corrected chi connectivity index (χ2v) is 6.33. The Kier molecular flexibility index (Phi) is 3.89. The van der Waals surface area contributed by atoms with Crippen LogP contribution in [0.5, 0.6) is 0 Å². The molecule has 0 unspecified atom stereocenters. The number of benzene rings is 2. The van der Waals surface area contributed by atoms with Crippen molar-refractivity contribution in [1.29, 1.82) is 0 Å². The van der Waals surface area contributed by atoms with Gasteiger partial charge in [0.25, 0.3) is 0 Å². The van der Waals surface area contributed by atoms with Crippen LogP contribution in [0, 0.1) is 19.7 Å². The zero-order valence-corrected chi connectivity index (χ0v) is 14.1. The van der Waals surface area contributed by atoms with E-state index in [-0.39, 0.29) is 5.82 Å². The fraction of sp³-hybridized carbons (Fsp3) is 0.211. The van der Waals surface area contributed by atoms with Crippen LogP contribution >= 0.6 is 0 Å². The van der Waals surface area contributed by atoms with Crippen molar-refractivity contribution in [3.8, 4) is 0 Å². The van der Waals surface area contributed by atoms with E-state index >= 15 is 0 Å². The Morgan fingerprint density at radius 2 is 1.84 bits per heavy atom. The first-order valence-electron chi connectivity index (χ1n) is 8.18. The molecule has 2 aromatic carbocycles. The Hall–Kier alpha value is -2.86. The van der Waals surface area contributed by atoms with Crippen LogP contribution in [0.15, 0.2) is 42.5 Å². The lowest BCUT2D eigenvalue weighted by Gasteiger charge is -2.10. The molecule has 0 radical (unpaired) electrons. The standard InChI is InChI=1S/C19H18FN5/c1-12-7-13(2)17-9-15(19-22-23-24-25(19)18(17)8-12)11-21-10-14-3-5-16(20)6-4-14/h3-9,21H,10-11H2,1-2H3. The highest BCUT2D eigenvalue weighted by molar-refractivity contribution is 5.86. The molecule has 126 valence electrons. The van der Waals surface area contributed by atoms with Gasteiger partial charge in [-0.3, -0.25) is 0 Å². The molecular weight excluding hydrogens is 317 g/mol. The van der Waals surface area contributed by atoms with E-state index < -0.39 is 0 Å². The Morgan fingerprint density at radius 3 is 2.64 bits per heavy atom. The summed E-state index contributed by atoms with van der Waals surface area (Å²) >= 11 is 0. The lowest BCUT2D eigenvalue weighted by molar-refractivity contribution is 0.625. The van der Waals surface area contributed by atoms with E-state index in [9.17, 15) is 4.39 Å². The number of pyridine rings is 1. The van der Waals surface area contributed by atoms with Gasteiger partial charge in [0.05, 0.1) is 5.52 Å². The molecule has 6 heteroatoms. The normalized spacial score (nSPS) is 11.5. The minimum Gasteiger partial charge on any atom is -0.308 e. The van der Waals surface area contributed by atoms with Crippen molar-refractivity contribution in [3.63, 3.8) is 0 Å². The van der Waals surface area contributed by atoms with Crippen molar-refractivity contribution in [2.24, 2.45) is 0 Å². The number of nitrogens with one attached hydrogen (secondary N) is 1. The number of aryl methyl sites for hydroxylation is 2. The van der Waals surface area contributed by atoms with E-state index in [1.807, 2.05) is 0 Å². The summed E-state index contributed by atoms with van der Waals surface area (Å²) in [6.07, 6.45) is 0. The molecule has 2 aromatic heterocycles. The van der Waals surface area contributed by atoms with E-state index in [2.05, 4.69) is 52.9 Å². The summed E-state index contributed by atoms with van der Waals surface area (Å²) in [4.78, 5) is 0. The number of halogens is 1. The first-order chi connectivity index (χ1) is 12.1. The van der Waals surface area contributed by atoms with E-state index in [0.717, 1.165) is 27.7 Å². The number of nitrogens with zero attached hydrogens (tertiary/aromatic N) is 4. The third kappa shape index (κ3) is 2.96. The topological polar surface area (TPSA) is 55.1 Å². The van der Waals surface area contributed by atoms with Crippen LogP contribution in [0.4, 0.5) is 4.39 Å². The summed E-state index contributed by atoms with van der Waals surface area (Å²) in [7, 11) is 0. The van der Waals surface area contributed by atoms with Crippen molar-refractivity contribution in [3.05, 3.63) is 70.5 Å². The lowest BCUT2D eigenvalue weighted by atomic mass is 10.0. The van der Waals surface area contributed by atoms with Gasteiger partial charge in [0.15, 0.2) is 5.65 Å². The average molecular weight is 335 g/mol. The molecule has 0 saturated heterocycles. The monoisotopic (exact) mass is 335 g/mol. The second kappa shape index (κ2) is 6.22. The summed E-state index contributed by atoms with van der Waals surface area (Å²) in [6.45, 7) is 5.45. The van der Waals surface area contributed by atoms with Crippen LogP contribution in [-0.4, -0.2) is 20.0 Å². The maximum Gasteiger partial charge on any atom is 0.184 e. The lowest BCUT2D eigenvalue weighted by Crippen LogP contribution is -2.14. The minimum absolute atomic E-state index is 0.222.